The molecule has 2 heterocycles. The van der Waals surface area contributed by atoms with Gasteiger partial charge in [-0.1, -0.05) is 0 Å². The largest absolute Gasteiger partial charge is 0.461 e. The predicted octanol–water partition coefficient (Wildman–Crippen LogP) is 1.09. The molecular weight excluding hydrogens is 220 g/mol. The molecule has 0 saturated heterocycles. The van der Waals surface area contributed by atoms with Crippen LogP contribution >= 0.6 is 0 Å². The van der Waals surface area contributed by atoms with Crippen LogP contribution in [0.25, 0.3) is 5.82 Å². The van der Waals surface area contributed by atoms with E-state index in [-0.39, 0.29) is 5.97 Å². The lowest BCUT2D eigenvalue weighted by atomic mass is 10.3. The molecule has 2 aromatic heterocycles. The Bertz CT molecular complexity index is 541. The zero-order valence-electron chi connectivity index (χ0n) is 10.0. The van der Waals surface area contributed by atoms with Crippen LogP contribution in [0.2, 0.25) is 0 Å². The number of aromatic nitrogens is 4. The standard InChI is InChI=1S/C11H14N4O2/c1-4-17-11(16)9-7-8(2)13-15(9)10-5-6-12-14(10)3/h5-7H,4H2,1-3H3. The van der Waals surface area contributed by atoms with Crippen molar-refractivity contribution in [1.29, 1.82) is 0 Å². The van der Waals surface area contributed by atoms with E-state index in [0.717, 1.165) is 11.5 Å². The molecule has 0 saturated carbocycles. The number of esters is 1. The summed E-state index contributed by atoms with van der Waals surface area (Å²) in [4.78, 5) is 11.8. The van der Waals surface area contributed by atoms with E-state index >= 15 is 0 Å². The molecule has 6 nitrogen and oxygen atoms in total. The maximum atomic E-state index is 11.8. The molecule has 6 heteroatoms. The lowest BCUT2D eigenvalue weighted by Gasteiger charge is -2.06. The highest BCUT2D eigenvalue weighted by atomic mass is 16.5. The summed E-state index contributed by atoms with van der Waals surface area (Å²) in [6, 6.07) is 3.49. The molecule has 0 N–H and O–H groups in total. The van der Waals surface area contributed by atoms with Gasteiger partial charge in [-0.2, -0.15) is 10.2 Å². The molecule has 2 rings (SSSR count). The summed E-state index contributed by atoms with van der Waals surface area (Å²) in [6.07, 6.45) is 1.65. The van der Waals surface area contributed by atoms with Crippen molar-refractivity contribution >= 4 is 5.97 Å². The number of nitrogens with zero attached hydrogens (tertiary/aromatic N) is 4. The van der Waals surface area contributed by atoms with Gasteiger partial charge in [-0.3, -0.25) is 4.68 Å². The third-order valence-electron chi connectivity index (χ3n) is 2.33. The van der Waals surface area contributed by atoms with Crippen molar-refractivity contribution in [1.82, 2.24) is 19.6 Å². The Balaban J connectivity index is 2.48. The van der Waals surface area contributed by atoms with Gasteiger partial charge in [0.2, 0.25) is 0 Å². The summed E-state index contributed by atoms with van der Waals surface area (Å²) in [6.45, 7) is 3.94. The second-order valence-electron chi connectivity index (χ2n) is 3.62. The van der Waals surface area contributed by atoms with Crippen LogP contribution < -0.4 is 0 Å². The van der Waals surface area contributed by atoms with Crippen LogP contribution in [0.15, 0.2) is 18.3 Å². The summed E-state index contributed by atoms with van der Waals surface area (Å²) in [7, 11) is 1.79. The molecule has 0 amide bonds. The molecule has 0 aromatic carbocycles. The summed E-state index contributed by atoms with van der Waals surface area (Å²) >= 11 is 0. The monoisotopic (exact) mass is 234 g/mol. The first-order valence-electron chi connectivity index (χ1n) is 5.35. The van der Waals surface area contributed by atoms with Crippen LogP contribution in [0.1, 0.15) is 23.1 Å². The van der Waals surface area contributed by atoms with E-state index < -0.39 is 0 Å². The highest BCUT2D eigenvalue weighted by molar-refractivity contribution is 5.88. The fourth-order valence-corrected chi connectivity index (χ4v) is 1.60. The minimum Gasteiger partial charge on any atom is -0.461 e. The number of hydrogen-bond acceptors (Lipinski definition) is 4. The van der Waals surface area contributed by atoms with Gasteiger partial charge in [0.15, 0.2) is 11.5 Å². The van der Waals surface area contributed by atoms with Crippen molar-refractivity contribution in [3.8, 4) is 5.82 Å². The van der Waals surface area contributed by atoms with Crippen LogP contribution in [-0.4, -0.2) is 32.1 Å². The molecule has 0 aliphatic rings. The molecule has 2 aromatic rings. The quantitative estimate of drug-likeness (QED) is 0.746. The summed E-state index contributed by atoms with van der Waals surface area (Å²) in [5, 5.41) is 8.32. The third-order valence-corrected chi connectivity index (χ3v) is 2.33. The first kappa shape index (κ1) is 11.4. The Kier molecular flexibility index (Phi) is 2.95. The highest BCUT2D eigenvalue weighted by Crippen LogP contribution is 2.12. The number of hydrogen-bond donors (Lipinski definition) is 0. The maximum Gasteiger partial charge on any atom is 0.357 e. The van der Waals surface area contributed by atoms with Gasteiger partial charge in [0.25, 0.3) is 0 Å². The van der Waals surface area contributed by atoms with E-state index in [1.807, 2.05) is 6.92 Å². The normalized spacial score (nSPS) is 10.5. The number of rotatable bonds is 3. The van der Waals surface area contributed by atoms with E-state index in [0.29, 0.717) is 12.3 Å². The molecule has 0 unspecified atom stereocenters. The Morgan fingerprint density at radius 1 is 1.53 bits per heavy atom. The maximum absolute atomic E-state index is 11.8. The molecule has 0 spiro atoms. The first-order chi connectivity index (χ1) is 8.13. The molecule has 17 heavy (non-hydrogen) atoms. The number of ether oxygens (including phenoxy) is 1. The molecular formula is C11H14N4O2. The van der Waals surface area contributed by atoms with Crippen molar-refractivity contribution < 1.29 is 9.53 Å². The molecule has 0 aliphatic carbocycles. The summed E-state index contributed by atoms with van der Waals surface area (Å²) in [5.74, 6) is 0.343. The Labute approximate surface area is 98.8 Å². The first-order valence-corrected chi connectivity index (χ1v) is 5.35. The Morgan fingerprint density at radius 2 is 2.29 bits per heavy atom. The van der Waals surface area contributed by atoms with Crippen LogP contribution in [0.3, 0.4) is 0 Å². The molecule has 0 radical (unpaired) electrons. The van der Waals surface area contributed by atoms with Gasteiger partial charge in [-0.05, 0) is 19.9 Å². The minimum atomic E-state index is -0.380. The summed E-state index contributed by atoms with van der Waals surface area (Å²) < 4.78 is 8.18. The zero-order valence-corrected chi connectivity index (χ0v) is 10.0. The Hall–Kier alpha value is -2.11. The second-order valence-corrected chi connectivity index (χ2v) is 3.62. The van der Waals surface area contributed by atoms with Gasteiger partial charge >= 0.3 is 5.97 Å². The van der Waals surface area contributed by atoms with Crippen LogP contribution in [0.4, 0.5) is 0 Å². The highest BCUT2D eigenvalue weighted by Gasteiger charge is 2.17. The fourth-order valence-electron chi connectivity index (χ4n) is 1.60. The van der Waals surface area contributed by atoms with E-state index in [9.17, 15) is 4.79 Å². The Morgan fingerprint density at radius 3 is 2.88 bits per heavy atom. The van der Waals surface area contributed by atoms with Gasteiger partial charge in [0.1, 0.15) is 0 Å². The molecule has 0 fully saturated rings. The van der Waals surface area contributed by atoms with Crippen molar-refractivity contribution in [3.05, 3.63) is 29.7 Å². The van der Waals surface area contributed by atoms with Crippen molar-refractivity contribution in [2.75, 3.05) is 6.61 Å². The van der Waals surface area contributed by atoms with Gasteiger partial charge in [0.05, 0.1) is 18.5 Å². The van der Waals surface area contributed by atoms with Crippen LogP contribution in [0.5, 0.6) is 0 Å². The van der Waals surface area contributed by atoms with Crippen molar-refractivity contribution in [2.24, 2.45) is 7.05 Å². The van der Waals surface area contributed by atoms with Crippen LogP contribution in [0, 0.1) is 6.92 Å². The molecule has 0 bridgehead atoms. The van der Waals surface area contributed by atoms with Gasteiger partial charge in [-0.15, -0.1) is 0 Å². The minimum absolute atomic E-state index is 0.342. The molecule has 0 atom stereocenters. The smallest absolute Gasteiger partial charge is 0.357 e. The van der Waals surface area contributed by atoms with Gasteiger partial charge < -0.3 is 4.74 Å². The fraction of sp³-hybridized carbons (Fsp3) is 0.364. The molecule has 90 valence electrons. The predicted molar refractivity (Wildman–Crippen MR) is 61.0 cm³/mol. The lowest BCUT2D eigenvalue weighted by molar-refractivity contribution is 0.0515. The van der Waals surface area contributed by atoms with Crippen LogP contribution in [-0.2, 0) is 11.8 Å². The van der Waals surface area contributed by atoms with Gasteiger partial charge in [0, 0.05) is 13.1 Å². The number of aryl methyl sites for hydroxylation is 2. The lowest BCUT2D eigenvalue weighted by Crippen LogP contribution is -2.14. The molecule has 0 aliphatic heterocycles. The van der Waals surface area contributed by atoms with Crippen molar-refractivity contribution in [3.63, 3.8) is 0 Å². The number of carbonyl (C=O) groups excluding carboxylic acids is 1. The van der Waals surface area contributed by atoms with E-state index in [2.05, 4.69) is 10.2 Å². The summed E-state index contributed by atoms with van der Waals surface area (Å²) in [5.41, 5.74) is 1.17. The second kappa shape index (κ2) is 4.40. The zero-order chi connectivity index (χ0) is 12.4. The van der Waals surface area contributed by atoms with Crippen molar-refractivity contribution in [2.45, 2.75) is 13.8 Å². The van der Waals surface area contributed by atoms with Gasteiger partial charge in [-0.25, -0.2) is 9.48 Å². The SMILES string of the molecule is CCOC(=O)c1cc(C)nn1-c1ccnn1C. The number of carbonyl (C=O) groups is 1. The average Bonchev–Trinajstić information content (AvgIpc) is 2.84. The van der Waals surface area contributed by atoms with E-state index in [1.54, 1.807) is 41.7 Å². The third kappa shape index (κ3) is 2.06. The van der Waals surface area contributed by atoms with E-state index in [1.165, 1.54) is 0 Å². The average molecular weight is 234 g/mol. The van der Waals surface area contributed by atoms with E-state index in [4.69, 9.17) is 4.74 Å². The topological polar surface area (TPSA) is 61.9 Å².